The van der Waals surface area contributed by atoms with E-state index in [0.717, 1.165) is 0 Å². The number of hydrogen-bond donors (Lipinski definition) is 1. The van der Waals surface area contributed by atoms with E-state index in [0.29, 0.717) is 12.0 Å². The highest BCUT2D eigenvalue weighted by molar-refractivity contribution is 5.84. The van der Waals surface area contributed by atoms with Gasteiger partial charge in [0.15, 0.2) is 0 Å². The van der Waals surface area contributed by atoms with E-state index < -0.39 is 29.4 Å². The predicted octanol–water partition coefficient (Wildman–Crippen LogP) is 2.22. The Morgan fingerprint density at radius 2 is 2.00 bits per heavy atom. The number of likely N-dealkylation sites (N-methyl/N-ethyl adjacent to an activating group) is 1. The van der Waals surface area contributed by atoms with Crippen LogP contribution in [0.3, 0.4) is 0 Å². The fourth-order valence-corrected chi connectivity index (χ4v) is 3.45. The second-order valence-electron chi connectivity index (χ2n) is 5.63. The van der Waals surface area contributed by atoms with Crippen LogP contribution in [0.5, 0.6) is 0 Å². The van der Waals surface area contributed by atoms with Crippen molar-refractivity contribution in [2.45, 2.75) is 31.3 Å². The van der Waals surface area contributed by atoms with Crippen LogP contribution in [-0.4, -0.2) is 41.6 Å². The van der Waals surface area contributed by atoms with Gasteiger partial charge < -0.3 is 9.84 Å². The summed E-state index contributed by atoms with van der Waals surface area (Å²) in [6.07, 6.45) is 0.613. The average molecular weight is 309 g/mol. The Labute approximate surface area is 128 Å². The molecule has 2 rings (SSSR count). The molecular weight excluding hydrogens is 289 g/mol. The topological polar surface area (TPSA) is 66.8 Å². The zero-order valence-corrected chi connectivity index (χ0v) is 12.9. The number of ether oxygens (including phenoxy) is 1. The third-order valence-corrected chi connectivity index (χ3v) is 4.71. The van der Waals surface area contributed by atoms with Crippen molar-refractivity contribution in [1.29, 1.82) is 0 Å². The zero-order valence-electron chi connectivity index (χ0n) is 12.9. The van der Waals surface area contributed by atoms with Crippen molar-refractivity contribution in [2.75, 3.05) is 14.2 Å². The number of rotatable bonds is 4. The number of aliphatic carboxylic acids is 1. The summed E-state index contributed by atoms with van der Waals surface area (Å²) in [4.78, 5) is 25.7. The van der Waals surface area contributed by atoms with Gasteiger partial charge in [-0.25, -0.2) is 4.39 Å². The Hall–Kier alpha value is -1.95. The van der Waals surface area contributed by atoms with E-state index in [1.807, 2.05) is 6.92 Å². The molecule has 5 nitrogen and oxygen atoms in total. The molecule has 0 aromatic heterocycles. The molecule has 1 aliphatic rings. The molecule has 1 aromatic carbocycles. The normalized spacial score (nSPS) is 28.5. The minimum Gasteiger partial charge on any atom is -0.481 e. The molecule has 1 fully saturated rings. The van der Waals surface area contributed by atoms with Gasteiger partial charge in [-0.15, -0.1) is 0 Å². The molecule has 3 atom stereocenters. The Bertz CT molecular complexity index is 574. The molecule has 0 spiro atoms. The summed E-state index contributed by atoms with van der Waals surface area (Å²) in [5, 5.41) is 9.55. The molecule has 120 valence electrons. The second kappa shape index (κ2) is 6.04. The average Bonchev–Trinajstić information content (AvgIpc) is 2.81. The van der Waals surface area contributed by atoms with Crippen molar-refractivity contribution in [3.8, 4) is 0 Å². The Morgan fingerprint density at radius 3 is 2.45 bits per heavy atom. The van der Waals surface area contributed by atoms with Crippen molar-refractivity contribution in [1.82, 2.24) is 4.90 Å². The van der Waals surface area contributed by atoms with Gasteiger partial charge in [-0.2, -0.15) is 0 Å². The van der Waals surface area contributed by atoms with Gasteiger partial charge in [0.05, 0.1) is 13.0 Å². The molecule has 0 unspecified atom stereocenters. The molecule has 1 heterocycles. The van der Waals surface area contributed by atoms with Crippen LogP contribution in [0.1, 0.15) is 31.4 Å². The number of halogens is 1. The largest absolute Gasteiger partial charge is 0.481 e. The lowest BCUT2D eigenvalue weighted by molar-refractivity contribution is -0.153. The summed E-state index contributed by atoms with van der Waals surface area (Å²) in [5.41, 5.74) is -0.299. The van der Waals surface area contributed by atoms with Gasteiger partial charge in [-0.3, -0.25) is 14.5 Å². The van der Waals surface area contributed by atoms with Gasteiger partial charge in [0, 0.05) is 6.04 Å². The SMILES string of the molecule is CC[C@]1(C(=O)OC)C[C@@H](C(=O)O)[C@@H](c2ccc(F)cc2)N1C. The van der Waals surface area contributed by atoms with E-state index in [9.17, 15) is 19.1 Å². The van der Waals surface area contributed by atoms with Crippen molar-refractivity contribution in [3.63, 3.8) is 0 Å². The maximum Gasteiger partial charge on any atom is 0.326 e. The number of carbonyl (C=O) groups excluding carboxylic acids is 1. The summed E-state index contributed by atoms with van der Waals surface area (Å²) in [5.74, 6) is -2.55. The monoisotopic (exact) mass is 309 g/mol. The van der Waals surface area contributed by atoms with Crippen LogP contribution < -0.4 is 0 Å². The smallest absolute Gasteiger partial charge is 0.326 e. The van der Waals surface area contributed by atoms with Crippen molar-refractivity contribution >= 4 is 11.9 Å². The highest BCUT2D eigenvalue weighted by atomic mass is 19.1. The first-order valence-electron chi connectivity index (χ1n) is 7.17. The third-order valence-electron chi connectivity index (χ3n) is 4.71. The summed E-state index contributed by atoms with van der Waals surface area (Å²) in [6.45, 7) is 1.83. The quantitative estimate of drug-likeness (QED) is 0.864. The van der Waals surface area contributed by atoms with Crippen LogP contribution in [-0.2, 0) is 14.3 Å². The lowest BCUT2D eigenvalue weighted by Gasteiger charge is -2.35. The van der Waals surface area contributed by atoms with Crippen LogP contribution >= 0.6 is 0 Å². The molecular formula is C16H20FNO4. The van der Waals surface area contributed by atoms with Crippen molar-refractivity contribution < 1.29 is 23.8 Å². The van der Waals surface area contributed by atoms with Gasteiger partial charge >= 0.3 is 11.9 Å². The van der Waals surface area contributed by atoms with Gasteiger partial charge in [-0.1, -0.05) is 19.1 Å². The molecule has 0 aliphatic carbocycles. The number of carbonyl (C=O) groups is 2. The standard InChI is InChI=1S/C16H20FNO4/c1-4-16(15(21)22-3)9-12(14(19)20)13(18(16)2)10-5-7-11(17)8-6-10/h5-8,12-13H,4,9H2,1-3H3,(H,19,20)/t12-,13-,16-/m1/s1. The maximum absolute atomic E-state index is 13.1. The minimum absolute atomic E-state index is 0.171. The molecule has 1 aromatic rings. The number of benzene rings is 1. The van der Waals surface area contributed by atoms with Crippen LogP contribution in [0.2, 0.25) is 0 Å². The van der Waals surface area contributed by atoms with E-state index in [4.69, 9.17) is 4.74 Å². The van der Waals surface area contributed by atoms with Crippen LogP contribution in [0, 0.1) is 11.7 Å². The number of likely N-dealkylation sites (tertiary alicyclic amines) is 1. The van der Waals surface area contributed by atoms with E-state index in [2.05, 4.69) is 0 Å². The fraction of sp³-hybridized carbons (Fsp3) is 0.500. The highest BCUT2D eigenvalue weighted by Gasteiger charge is 2.56. The Morgan fingerprint density at radius 1 is 1.41 bits per heavy atom. The number of carboxylic acid groups (broad SMARTS) is 1. The van der Waals surface area contributed by atoms with Gasteiger partial charge in [0.1, 0.15) is 11.4 Å². The number of esters is 1. The molecule has 1 N–H and O–H groups in total. The lowest BCUT2D eigenvalue weighted by Crippen LogP contribution is -2.49. The van der Waals surface area contributed by atoms with Crippen molar-refractivity contribution in [3.05, 3.63) is 35.6 Å². The summed E-state index contributed by atoms with van der Waals surface area (Å²) in [6, 6.07) is 5.22. The predicted molar refractivity (Wildman–Crippen MR) is 77.7 cm³/mol. The molecule has 1 aliphatic heterocycles. The third kappa shape index (κ3) is 2.47. The zero-order chi connectivity index (χ0) is 16.5. The summed E-state index contributed by atoms with van der Waals surface area (Å²) >= 11 is 0. The van der Waals surface area contributed by atoms with E-state index in [1.165, 1.54) is 19.2 Å². The highest BCUT2D eigenvalue weighted by Crippen LogP contribution is 2.47. The molecule has 0 radical (unpaired) electrons. The maximum atomic E-state index is 13.1. The first kappa shape index (κ1) is 16.4. The van der Waals surface area contributed by atoms with Gasteiger partial charge in [-0.05, 0) is 37.6 Å². The van der Waals surface area contributed by atoms with Crippen molar-refractivity contribution in [2.24, 2.45) is 5.92 Å². The fourth-order valence-electron chi connectivity index (χ4n) is 3.45. The number of hydrogen-bond acceptors (Lipinski definition) is 4. The Kier molecular flexibility index (Phi) is 4.51. The van der Waals surface area contributed by atoms with E-state index >= 15 is 0 Å². The molecule has 0 bridgehead atoms. The molecule has 0 saturated carbocycles. The minimum atomic E-state index is -0.975. The van der Waals surface area contributed by atoms with Gasteiger partial charge in [0.2, 0.25) is 0 Å². The van der Waals surface area contributed by atoms with E-state index in [1.54, 1.807) is 24.1 Å². The first-order chi connectivity index (χ1) is 10.4. The lowest BCUT2D eigenvalue weighted by atomic mass is 9.87. The number of methoxy groups -OCH3 is 1. The molecule has 1 saturated heterocycles. The van der Waals surface area contributed by atoms with E-state index in [-0.39, 0.29) is 12.2 Å². The number of carboxylic acids is 1. The summed E-state index contributed by atoms with van der Waals surface area (Å²) in [7, 11) is 3.02. The Balaban J connectivity index is 2.49. The molecule has 22 heavy (non-hydrogen) atoms. The second-order valence-corrected chi connectivity index (χ2v) is 5.63. The van der Waals surface area contributed by atoms with Crippen LogP contribution in [0.4, 0.5) is 4.39 Å². The van der Waals surface area contributed by atoms with Crippen LogP contribution in [0.15, 0.2) is 24.3 Å². The summed E-state index contributed by atoms with van der Waals surface area (Å²) < 4.78 is 18.0. The van der Waals surface area contributed by atoms with Crippen LogP contribution in [0.25, 0.3) is 0 Å². The van der Waals surface area contributed by atoms with Gasteiger partial charge in [0.25, 0.3) is 0 Å². The number of nitrogens with zero attached hydrogens (tertiary/aromatic N) is 1. The molecule has 6 heteroatoms. The first-order valence-corrected chi connectivity index (χ1v) is 7.17. The molecule has 0 amide bonds.